The highest BCUT2D eigenvalue weighted by Gasteiger charge is 2.27. The number of fused-ring (bicyclic) bond motifs is 4. The Hall–Kier alpha value is -3.42. The number of aromatic nitrogens is 2. The van der Waals surface area contributed by atoms with E-state index in [1.165, 1.54) is 32.6 Å². The van der Waals surface area contributed by atoms with Crippen LogP contribution in [-0.2, 0) is 0 Å². The van der Waals surface area contributed by atoms with Crippen LogP contribution in [0.3, 0.4) is 0 Å². The molecular weight excluding hydrogens is 545 g/mol. The highest BCUT2D eigenvalue weighted by molar-refractivity contribution is 6.89. The van der Waals surface area contributed by atoms with Crippen molar-refractivity contribution in [3.63, 3.8) is 0 Å². The van der Waals surface area contributed by atoms with Gasteiger partial charge in [-0.1, -0.05) is 126 Å². The minimum atomic E-state index is -1.54. The number of hydrogen-bond acceptors (Lipinski definition) is 2. The van der Waals surface area contributed by atoms with E-state index in [0.717, 1.165) is 39.0 Å². The first-order valence-electron chi connectivity index (χ1n) is 15.4. The largest absolute Gasteiger partial charge is 0.455 e. The minimum absolute atomic E-state index is 0.366. The maximum absolute atomic E-state index is 6.75. The zero-order chi connectivity index (χ0) is 30.1. The van der Waals surface area contributed by atoms with E-state index in [-0.39, 0.29) is 0 Å². The summed E-state index contributed by atoms with van der Waals surface area (Å²) < 4.78 is 9.19. The highest BCUT2D eigenvalue weighted by Crippen LogP contribution is 2.41. The van der Waals surface area contributed by atoms with Crippen molar-refractivity contribution in [3.8, 4) is 17.1 Å². The van der Waals surface area contributed by atoms with Crippen molar-refractivity contribution < 1.29 is 4.42 Å². The summed E-state index contributed by atoms with van der Waals surface area (Å²) in [4.78, 5) is 5.33. The van der Waals surface area contributed by atoms with Gasteiger partial charge in [-0.3, -0.25) is 4.57 Å². The van der Waals surface area contributed by atoms with Gasteiger partial charge in [0.15, 0.2) is 0 Å². The summed E-state index contributed by atoms with van der Waals surface area (Å²) in [5.41, 5.74) is 9.09. The van der Waals surface area contributed by atoms with Crippen molar-refractivity contribution in [2.45, 2.75) is 78.8 Å². The molecule has 6 aromatic rings. The molecule has 0 saturated heterocycles. The fraction of sp³-hybridized carbons (Fsp3) is 0.324. The molecule has 0 aliphatic heterocycles. The number of imidazole rings is 1. The molecule has 0 amide bonds. The van der Waals surface area contributed by atoms with Gasteiger partial charge >= 0.3 is 0 Å². The number of hydrogen-bond donors (Lipinski definition) is 0. The van der Waals surface area contributed by atoms with Gasteiger partial charge in [-0.05, 0) is 47.2 Å². The lowest BCUT2D eigenvalue weighted by Gasteiger charge is -2.27. The number of para-hydroxylation sites is 3. The quantitative estimate of drug-likeness (QED) is 0.181. The van der Waals surface area contributed by atoms with Gasteiger partial charge in [-0.25, -0.2) is 4.98 Å². The van der Waals surface area contributed by atoms with Crippen molar-refractivity contribution in [1.82, 2.24) is 9.55 Å². The van der Waals surface area contributed by atoms with Crippen LogP contribution in [0.2, 0.25) is 39.3 Å². The van der Waals surface area contributed by atoms with E-state index in [2.05, 4.69) is 144 Å². The molecule has 0 radical (unpaired) electrons. The summed E-state index contributed by atoms with van der Waals surface area (Å²) in [6.07, 6.45) is 0. The Balaban J connectivity index is 1.72. The number of benzene rings is 4. The Kier molecular flexibility index (Phi) is 6.90. The Bertz CT molecular complexity index is 1930. The van der Waals surface area contributed by atoms with E-state index in [9.17, 15) is 0 Å². The van der Waals surface area contributed by atoms with Crippen molar-refractivity contribution >= 4 is 59.5 Å². The molecule has 2 heterocycles. The van der Waals surface area contributed by atoms with E-state index in [1.54, 1.807) is 0 Å². The molecule has 2 aromatic heterocycles. The Labute approximate surface area is 252 Å². The topological polar surface area (TPSA) is 31.0 Å². The standard InChI is InChI=1S/C37H44N2OSi2/c1-23(2)30-20-26(42(8,9)10)21-31(24(3)4)35(30)39-33-17-12-11-16-32(33)38-37(39)29-15-13-14-28-27-19-18-25(41(5,6)7)22-34(27)40-36(28)29/h11-24H,1-10H3. The van der Waals surface area contributed by atoms with E-state index >= 15 is 0 Å². The molecule has 0 unspecified atom stereocenters. The summed E-state index contributed by atoms with van der Waals surface area (Å²) >= 11 is 0. The lowest BCUT2D eigenvalue weighted by atomic mass is 9.92. The lowest BCUT2D eigenvalue weighted by molar-refractivity contribution is 0.669. The van der Waals surface area contributed by atoms with Crippen molar-refractivity contribution in [2.75, 3.05) is 0 Å². The second-order valence-electron chi connectivity index (χ2n) is 14.6. The van der Waals surface area contributed by atoms with Crippen LogP contribution in [0.1, 0.15) is 50.7 Å². The average molecular weight is 589 g/mol. The van der Waals surface area contributed by atoms with Crippen molar-refractivity contribution in [2.24, 2.45) is 0 Å². The van der Waals surface area contributed by atoms with Gasteiger partial charge in [0, 0.05) is 10.8 Å². The van der Waals surface area contributed by atoms with Gasteiger partial charge in [0.05, 0.1) is 38.4 Å². The van der Waals surface area contributed by atoms with Gasteiger partial charge in [-0.2, -0.15) is 0 Å². The summed E-state index contributed by atoms with van der Waals surface area (Å²) in [6, 6.07) is 26.9. The van der Waals surface area contributed by atoms with Gasteiger partial charge in [0.1, 0.15) is 17.0 Å². The molecule has 0 saturated carbocycles. The Morgan fingerprint density at radius 3 is 1.93 bits per heavy atom. The van der Waals surface area contributed by atoms with Crippen LogP contribution in [0.5, 0.6) is 0 Å². The van der Waals surface area contributed by atoms with E-state index in [1.807, 2.05) is 0 Å². The molecule has 0 spiro atoms. The van der Waals surface area contributed by atoms with Gasteiger partial charge < -0.3 is 4.42 Å². The van der Waals surface area contributed by atoms with Crippen LogP contribution in [0.4, 0.5) is 0 Å². The van der Waals surface area contributed by atoms with E-state index in [4.69, 9.17) is 9.40 Å². The molecule has 0 aliphatic carbocycles. The third-order valence-electron chi connectivity index (χ3n) is 8.67. The highest BCUT2D eigenvalue weighted by atomic mass is 28.3. The number of furan rings is 1. The van der Waals surface area contributed by atoms with Gasteiger partial charge in [-0.15, -0.1) is 0 Å². The zero-order valence-corrected chi connectivity index (χ0v) is 28.9. The average Bonchev–Trinajstić information content (AvgIpc) is 3.49. The van der Waals surface area contributed by atoms with Gasteiger partial charge in [0.25, 0.3) is 0 Å². The fourth-order valence-corrected chi connectivity index (χ4v) is 8.45. The van der Waals surface area contributed by atoms with Crippen LogP contribution >= 0.6 is 0 Å². The van der Waals surface area contributed by atoms with Gasteiger partial charge in [0.2, 0.25) is 0 Å². The molecule has 0 aliphatic rings. The first-order chi connectivity index (χ1) is 19.8. The molecular formula is C37H44N2OSi2. The molecule has 5 heteroatoms. The van der Waals surface area contributed by atoms with Crippen molar-refractivity contribution in [3.05, 3.63) is 83.9 Å². The third-order valence-corrected chi connectivity index (χ3v) is 12.7. The van der Waals surface area contributed by atoms with Crippen LogP contribution in [0.15, 0.2) is 77.2 Å². The minimum Gasteiger partial charge on any atom is -0.455 e. The van der Waals surface area contributed by atoms with Crippen LogP contribution in [-0.4, -0.2) is 25.7 Å². The monoisotopic (exact) mass is 588 g/mol. The summed E-state index contributed by atoms with van der Waals surface area (Å²) in [5, 5.41) is 5.24. The molecule has 0 atom stereocenters. The molecule has 0 bridgehead atoms. The molecule has 4 aromatic carbocycles. The summed E-state index contributed by atoms with van der Waals surface area (Å²) in [5.74, 6) is 1.67. The number of nitrogens with zero attached hydrogens (tertiary/aromatic N) is 2. The Morgan fingerprint density at radius 2 is 1.31 bits per heavy atom. The summed E-state index contributed by atoms with van der Waals surface area (Å²) in [6.45, 7) is 23.8. The molecule has 3 nitrogen and oxygen atoms in total. The molecule has 42 heavy (non-hydrogen) atoms. The predicted molar refractivity (Wildman–Crippen MR) is 188 cm³/mol. The first-order valence-corrected chi connectivity index (χ1v) is 22.4. The van der Waals surface area contributed by atoms with Crippen molar-refractivity contribution in [1.29, 1.82) is 0 Å². The normalized spacial score (nSPS) is 13.0. The summed E-state index contributed by atoms with van der Waals surface area (Å²) in [7, 11) is -3.02. The zero-order valence-electron chi connectivity index (χ0n) is 26.9. The molecule has 0 N–H and O–H groups in total. The molecule has 6 rings (SSSR count). The second kappa shape index (κ2) is 10.1. The molecule has 0 fully saturated rings. The fourth-order valence-electron chi connectivity index (χ4n) is 6.13. The van der Waals surface area contributed by atoms with Crippen LogP contribution in [0, 0.1) is 0 Å². The Morgan fingerprint density at radius 1 is 0.667 bits per heavy atom. The predicted octanol–water partition coefficient (Wildman–Crippen LogP) is 9.93. The smallest absolute Gasteiger partial charge is 0.149 e. The maximum Gasteiger partial charge on any atom is 0.149 e. The van der Waals surface area contributed by atoms with Crippen LogP contribution in [0.25, 0.3) is 50.0 Å². The lowest BCUT2D eigenvalue weighted by Crippen LogP contribution is -2.38. The SMILES string of the molecule is CC(C)c1cc([Si](C)(C)C)cc(C(C)C)c1-n1c(-c2cccc3c2oc2cc([Si](C)(C)C)ccc23)nc2ccccc21. The van der Waals surface area contributed by atoms with E-state index < -0.39 is 16.1 Å². The second-order valence-corrected chi connectivity index (χ2v) is 24.7. The first kappa shape index (κ1) is 28.7. The number of rotatable bonds is 6. The molecule has 216 valence electrons. The maximum atomic E-state index is 6.75. The third kappa shape index (κ3) is 4.77. The van der Waals surface area contributed by atoms with Crippen LogP contribution < -0.4 is 10.4 Å². The van der Waals surface area contributed by atoms with E-state index in [0.29, 0.717) is 11.8 Å².